The highest BCUT2D eigenvalue weighted by Gasteiger charge is 2.52. The number of aromatic nitrogens is 2. The number of urea groups is 1. The van der Waals surface area contributed by atoms with Gasteiger partial charge in [0.1, 0.15) is 17.3 Å². The highest BCUT2D eigenvalue weighted by Crippen LogP contribution is 2.41. The van der Waals surface area contributed by atoms with Crippen LogP contribution in [0.2, 0.25) is 0 Å². The number of barbiturate groups is 1. The standard InChI is InChI=1S/C19H26N4O4/c1-11-12(2)23(27)16(20(11)3)14(13-9-7-6-8-10-13)15-17(24)21(4)19(26)22(5)18(15)25/h6-7,13-15H,8-10H2,1-5H3/t13-,14+/m1/s1. The van der Waals surface area contributed by atoms with Gasteiger partial charge in [0.25, 0.3) is 5.82 Å². The maximum atomic E-state index is 13.0. The first-order chi connectivity index (χ1) is 12.7. The van der Waals surface area contributed by atoms with Crippen LogP contribution in [0.15, 0.2) is 12.2 Å². The van der Waals surface area contributed by atoms with Crippen LogP contribution >= 0.6 is 0 Å². The zero-order chi connectivity index (χ0) is 20.0. The van der Waals surface area contributed by atoms with Crippen molar-refractivity contribution in [3.05, 3.63) is 34.6 Å². The second kappa shape index (κ2) is 6.83. The van der Waals surface area contributed by atoms with Gasteiger partial charge in [0, 0.05) is 27.9 Å². The molecule has 8 nitrogen and oxygen atoms in total. The largest absolute Gasteiger partial charge is 0.711 e. The van der Waals surface area contributed by atoms with Gasteiger partial charge in [-0.2, -0.15) is 0 Å². The molecule has 4 amide bonds. The molecule has 0 aromatic carbocycles. The molecule has 0 spiro atoms. The summed E-state index contributed by atoms with van der Waals surface area (Å²) in [6.07, 6.45) is 6.42. The summed E-state index contributed by atoms with van der Waals surface area (Å²) in [4.78, 5) is 40.1. The third kappa shape index (κ3) is 2.83. The molecule has 2 atom stereocenters. The molecule has 1 aromatic rings. The van der Waals surface area contributed by atoms with Gasteiger partial charge < -0.3 is 5.21 Å². The minimum atomic E-state index is -1.08. The summed E-state index contributed by atoms with van der Waals surface area (Å²) >= 11 is 0. The maximum absolute atomic E-state index is 13.0. The molecule has 3 rings (SSSR count). The van der Waals surface area contributed by atoms with E-state index >= 15 is 0 Å². The third-order valence-electron chi connectivity index (χ3n) is 6.12. The van der Waals surface area contributed by atoms with E-state index in [0.717, 1.165) is 33.1 Å². The number of imidazole rings is 1. The Morgan fingerprint density at radius 1 is 1.07 bits per heavy atom. The van der Waals surface area contributed by atoms with E-state index in [1.165, 1.54) is 14.1 Å². The molecule has 0 saturated carbocycles. The van der Waals surface area contributed by atoms with Crippen LogP contribution in [-0.4, -0.2) is 46.3 Å². The number of hydrogen-bond acceptors (Lipinski definition) is 4. The lowest BCUT2D eigenvalue weighted by atomic mass is 9.73. The van der Waals surface area contributed by atoms with Gasteiger partial charge in [-0.3, -0.25) is 19.4 Å². The number of rotatable bonds is 3. The van der Waals surface area contributed by atoms with Crippen LogP contribution < -0.4 is 4.73 Å². The molecule has 146 valence electrons. The summed E-state index contributed by atoms with van der Waals surface area (Å²) in [5.41, 5.74) is 1.35. The van der Waals surface area contributed by atoms with E-state index in [-0.39, 0.29) is 5.92 Å². The van der Waals surface area contributed by atoms with Gasteiger partial charge in [0.2, 0.25) is 11.8 Å². The molecular formula is C19H26N4O4. The van der Waals surface area contributed by atoms with Gasteiger partial charge in [-0.05, 0) is 25.2 Å². The van der Waals surface area contributed by atoms with E-state index in [9.17, 15) is 19.6 Å². The minimum absolute atomic E-state index is 0.0319. The number of allylic oxidation sites excluding steroid dienone is 2. The lowest BCUT2D eigenvalue weighted by molar-refractivity contribution is -0.622. The Kier molecular flexibility index (Phi) is 4.84. The fourth-order valence-corrected chi connectivity index (χ4v) is 4.25. The topological polar surface area (TPSA) is 89.6 Å². The molecule has 2 heterocycles. The van der Waals surface area contributed by atoms with Crippen LogP contribution in [0, 0.1) is 30.9 Å². The summed E-state index contributed by atoms with van der Waals surface area (Å²) in [6, 6.07) is -0.641. The Balaban J connectivity index is 2.18. The molecule has 0 unspecified atom stereocenters. The van der Waals surface area contributed by atoms with Crippen LogP contribution in [0.3, 0.4) is 0 Å². The smallest absolute Gasteiger partial charge is 0.332 e. The lowest BCUT2D eigenvalue weighted by Crippen LogP contribution is -2.59. The fraction of sp³-hybridized carbons (Fsp3) is 0.579. The molecule has 0 N–H and O–H groups in total. The molecular weight excluding hydrogens is 348 g/mol. The predicted octanol–water partition coefficient (Wildman–Crippen LogP) is 1.38. The molecule has 27 heavy (non-hydrogen) atoms. The van der Waals surface area contributed by atoms with Crippen LogP contribution in [0.1, 0.15) is 42.4 Å². The first kappa shape index (κ1) is 19.1. The molecule has 8 heteroatoms. The van der Waals surface area contributed by atoms with Gasteiger partial charge in [0.05, 0.1) is 13.0 Å². The van der Waals surface area contributed by atoms with Crippen molar-refractivity contribution in [2.75, 3.05) is 14.1 Å². The first-order valence-electron chi connectivity index (χ1n) is 9.17. The van der Waals surface area contributed by atoms with Crippen molar-refractivity contribution in [1.29, 1.82) is 0 Å². The van der Waals surface area contributed by atoms with E-state index < -0.39 is 29.7 Å². The van der Waals surface area contributed by atoms with Gasteiger partial charge in [0.15, 0.2) is 0 Å². The summed E-state index contributed by atoms with van der Waals surface area (Å²) in [5, 5.41) is 12.9. The van der Waals surface area contributed by atoms with Crippen LogP contribution in [0.25, 0.3) is 0 Å². The molecule has 1 aliphatic carbocycles. The summed E-state index contributed by atoms with van der Waals surface area (Å²) in [6.45, 7) is 3.58. The van der Waals surface area contributed by atoms with Gasteiger partial charge in [-0.15, -0.1) is 0 Å². The van der Waals surface area contributed by atoms with E-state index in [2.05, 4.69) is 6.08 Å². The SMILES string of the molecule is Cc1c(C)[n+]([O-])c([C@H](C2C(=O)N(C)C(=O)N(C)C2=O)[C@@H]2CC=CCC2)n1C. The van der Waals surface area contributed by atoms with Crippen LogP contribution in [0.5, 0.6) is 0 Å². The number of nitrogens with zero attached hydrogens (tertiary/aromatic N) is 4. The van der Waals surface area contributed by atoms with Crippen molar-refractivity contribution in [1.82, 2.24) is 14.4 Å². The number of imide groups is 2. The number of amides is 4. The Morgan fingerprint density at radius 3 is 2.11 bits per heavy atom. The van der Waals surface area contributed by atoms with Gasteiger partial charge in [-0.25, -0.2) is 14.1 Å². The first-order valence-corrected chi connectivity index (χ1v) is 9.17. The van der Waals surface area contributed by atoms with E-state index in [1.54, 1.807) is 18.5 Å². The van der Waals surface area contributed by atoms with Crippen molar-refractivity contribution >= 4 is 17.8 Å². The van der Waals surface area contributed by atoms with Crippen LogP contribution in [-0.2, 0) is 16.6 Å². The van der Waals surface area contributed by atoms with Gasteiger partial charge in [-0.1, -0.05) is 12.2 Å². The van der Waals surface area contributed by atoms with Crippen molar-refractivity contribution in [3.63, 3.8) is 0 Å². The Labute approximate surface area is 158 Å². The molecule has 0 bridgehead atoms. The maximum Gasteiger partial charge on any atom is 0.332 e. The second-order valence-corrected chi connectivity index (χ2v) is 7.51. The number of carbonyl (C=O) groups excluding carboxylic acids is 3. The molecule has 1 aromatic heterocycles. The average Bonchev–Trinajstić information content (AvgIpc) is 2.86. The third-order valence-corrected chi connectivity index (χ3v) is 6.12. The van der Waals surface area contributed by atoms with E-state index in [1.807, 2.05) is 13.0 Å². The zero-order valence-electron chi connectivity index (χ0n) is 16.4. The van der Waals surface area contributed by atoms with Crippen molar-refractivity contribution < 1.29 is 19.1 Å². The molecule has 0 radical (unpaired) electrons. The molecule has 1 aliphatic heterocycles. The highest BCUT2D eigenvalue weighted by molar-refractivity contribution is 6.16. The summed E-state index contributed by atoms with van der Waals surface area (Å²) in [7, 11) is 4.55. The van der Waals surface area contributed by atoms with Gasteiger partial charge >= 0.3 is 6.03 Å². The van der Waals surface area contributed by atoms with Crippen LogP contribution in [0.4, 0.5) is 4.79 Å². The van der Waals surface area contributed by atoms with E-state index in [0.29, 0.717) is 17.9 Å². The van der Waals surface area contributed by atoms with E-state index in [4.69, 9.17) is 0 Å². The summed E-state index contributed by atoms with van der Waals surface area (Å²) in [5.74, 6) is -2.38. The molecule has 2 aliphatic rings. The Bertz CT molecular complexity index is 792. The Hall–Kier alpha value is -2.64. The predicted molar refractivity (Wildman–Crippen MR) is 97.5 cm³/mol. The van der Waals surface area contributed by atoms with Crippen molar-refractivity contribution in [3.8, 4) is 0 Å². The molecule has 1 saturated heterocycles. The van der Waals surface area contributed by atoms with Crippen molar-refractivity contribution in [2.24, 2.45) is 18.9 Å². The Morgan fingerprint density at radius 2 is 1.67 bits per heavy atom. The lowest BCUT2D eigenvalue weighted by Gasteiger charge is -2.38. The second-order valence-electron chi connectivity index (χ2n) is 7.51. The summed E-state index contributed by atoms with van der Waals surface area (Å²) < 4.78 is 2.62. The zero-order valence-corrected chi connectivity index (χ0v) is 16.4. The highest BCUT2D eigenvalue weighted by atomic mass is 16.5. The normalized spacial score (nSPS) is 22.7. The monoisotopic (exact) mass is 374 g/mol. The van der Waals surface area contributed by atoms with Crippen molar-refractivity contribution in [2.45, 2.75) is 39.0 Å². The molecule has 1 fully saturated rings. The fourth-order valence-electron chi connectivity index (χ4n) is 4.25. The average molecular weight is 374 g/mol. The number of carbonyl (C=O) groups is 3. The minimum Gasteiger partial charge on any atom is -0.711 e. The number of hydrogen-bond donors (Lipinski definition) is 0. The quantitative estimate of drug-likeness (QED) is 0.346.